The first-order chi connectivity index (χ1) is 14.7. The van der Waals surface area contributed by atoms with Crippen molar-refractivity contribution in [3.63, 3.8) is 0 Å². The lowest BCUT2D eigenvalue weighted by atomic mass is 10.2. The Kier molecular flexibility index (Phi) is 6.90. The molecule has 6 heteroatoms. The predicted octanol–water partition coefficient (Wildman–Crippen LogP) is 6.16. The van der Waals surface area contributed by atoms with Crippen LogP contribution in [-0.2, 0) is 11.3 Å². The van der Waals surface area contributed by atoms with Gasteiger partial charge in [-0.25, -0.2) is 0 Å². The number of morpholine rings is 1. The molecule has 1 heterocycles. The molecule has 1 fully saturated rings. The second-order valence-corrected chi connectivity index (χ2v) is 7.80. The van der Waals surface area contributed by atoms with Gasteiger partial charge in [0.25, 0.3) is 0 Å². The smallest absolute Gasteiger partial charge is 0.147 e. The van der Waals surface area contributed by atoms with Crippen molar-refractivity contribution in [1.29, 1.82) is 0 Å². The first kappa shape index (κ1) is 20.7. The number of benzene rings is 3. The lowest BCUT2D eigenvalue weighted by Crippen LogP contribution is -2.36. The number of hydrogen-bond acceptors (Lipinski definition) is 4. The van der Waals surface area contributed by atoms with Crippen LogP contribution in [-0.4, -0.2) is 32.5 Å². The van der Waals surface area contributed by atoms with Crippen LogP contribution in [0.2, 0.25) is 10.0 Å². The zero-order valence-corrected chi connectivity index (χ0v) is 17.9. The van der Waals surface area contributed by atoms with E-state index in [1.807, 2.05) is 42.5 Å². The van der Waals surface area contributed by atoms with Crippen molar-refractivity contribution in [1.82, 2.24) is 0 Å². The van der Waals surface area contributed by atoms with Crippen molar-refractivity contribution in [2.24, 2.45) is 4.99 Å². The topological polar surface area (TPSA) is 34.1 Å². The van der Waals surface area contributed by atoms with Gasteiger partial charge in [0.1, 0.15) is 12.4 Å². The molecule has 0 spiro atoms. The minimum absolute atomic E-state index is 0.414. The van der Waals surface area contributed by atoms with Crippen molar-refractivity contribution < 1.29 is 9.47 Å². The summed E-state index contributed by atoms with van der Waals surface area (Å²) in [6.45, 7) is 3.76. The first-order valence-electron chi connectivity index (χ1n) is 9.81. The number of aliphatic imine (C=N–C) groups is 1. The molecule has 154 valence electrons. The van der Waals surface area contributed by atoms with Gasteiger partial charge in [0, 0.05) is 35.6 Å². The molecule has 30 heavy (non-hydrogen) atoms. The molecule has 0 radical (unpaired) electrons. The maximum atomic E-state index is 6.40. The van der Waals surface area contributed by atoms with Gasteiger partial charge in [-0.1, -0.05) is 53.5 Å². The third kappa shape index (κ3) is 5.33. The van der Waals surface area contributed by atoms with Crippen LogP contribution >= 0.6 is 23.2 Å². The highest BCUT2D eigenvalue weighted by atomic mass is 35.5. The first-order valence-corrected chi connectivity index (χ1v) is 10.6. The van der Waals surface area contributed by atoms with Gasteiger partial charge in [-0.2, -0.15) is 0 Å². The molecular weight excluding hydrogens is 419 g/mol. The number of halogens is 2. The number of anilines is 1. The lowest BCUT2D eigenvalue weighted by Gasteiger charge is -2.28. The normalized spacial score (nSPS) is 14.3. The van der Waals surface area contributed by atoms with Gasteiger partial charge >= 0.3 is 0 Å². The fraction of sp³-hybridized carbons (Fsp3) is 0.208. The van der Waals surface area contributed by atoms with Gasteiger partial charge in [-0.15, -0.1) is 0 Å². The van der Waals surface area contributed by atoms with Crippen LogP contribution in [0.15, 0.2) is 71.7 Å². The number of hydrogen-bond donors (Lipinski definition) is 0. The summed E-state index contributed by atoms with van der Waals surface area (Å²) in [6, 6.07) is 21.6. The van der Waals surface area contributed by atoms with Gasteiger partial charge in [0.2, 0.25) is 0 Å². The Morgan fingerprint density at radius 2 is 1.70 bits per heavy atom. The molecule has 0 N–H and O–H groups in total. The van der Waals surface area contributed by atoms with Crippen molar-refractivity contribution >= 4 is 40.8 Å². The molecule has 0 aromatic heterocycles. The molecule has 4 rings (SSSR count). The van der Waals surface area contributed by atoms with Gasteiger partial charge < -0.3 is 14.4 Å². The van der Waals surface area contributed by atoms with E-state index < -0.39 is 0 Å². The van der Waals surface area contributed by atoms with E-state index in [0.717, 1.165) is 43.1 Å². The average molecular weight is 441 g/mol. The molecule has 3 aromatic carbocycles. The number of ether oxygens (including phenoxy) is 2. The third-order valence-corrected chi connectivity index (χ3v) is 5.34. The number of nitrogens with zero attached hydrogens (tertiary/aromatic N) is 2. The van der Waals surface area contributed by atoms with Crippen LogP contribution in [0.5, 0.6) is 5.75 Å². The summed E-state index contributed by atoms with van der Waals surface area (Å²) in [5.41, 5.74) is 3.82. The molecule has 1 aliphatic heterocycles. The molecule has 1 saturated heterocycles. The van der Waals surface area contributed by atoms with E-state index >= 15 is 0 Å². The maximum Gasteiger partial charge on any atom is 0.147 e. The minimum Gasteiger partial charge on any atom is -0.487 e. The quantitative estimate of drug-likeness (QED) is 0.430. The largest absolute Gasteiger partial charge is 0.487 e. The molecule has 3 aromatic rings. The summed E-state index contributed by atoms with van der Waals surface area (Å²) in [6.07, 6.45) is 1.74. The van der Waals surface area contributed by atoms with Crippen LogP contribution in [0.1, 0.15) is 11.1 Å². The van der Waals surface area contributed by atoms with E-state index in [9.17, 15) is 0 Å². The average Bonchev–Trinajstić information content (AvgIpc) is 2.78. The van der Waals surface area contributed by atoms with Crippen LogP contribution in [0.25, 0.3) is 0 Å². The van der Waals surface area contributed by atoms with Gasteiger partial charge in [-0.3, -0.25) is 4.99 Å². The van der Waals surface area contributed by atoms with Gasteiger partial charge in [-0.05, 0) is 42.0 Å². The molecule has 4 nitrogen and oxygen atoms in total. The standard InChI is InChI=1S/C24H22Cl2N2O2/c25-20-14-19(24(23(26)15-20)30-17-18-4-2-1-3-5-18)16-27-21-6-8-22(9-7-21)28-10-12-29-13-11-28/h1-9,14-16H,10-13,17H2. The lowest BCUT2D eigenvalue weighted by molar-refractivity contribution is 0.122. The zero-order valence-electron chi connectivity index (χ0n) is 16.4. The highest BCUT2D eigenvalue weighted by Crippen LogP contribution is 2.32. The van der Waals surface area contributed by atoms with Crippen molar-refractivity contribution in [3.8, 4) is 5.75 Å². The van der Waals surface area contributed by atoms with Crippen molar-refractivity contribution in [2.75, 3.05) is 31.2 Å². The fourth-order valence-corrected chi connectivity index (χ4v) is 3.84. The monoisotopic (exact) mass is 440 g/mol. The molecule has 0 bridgehead atoms. The van der Waals surface area contributed by atoms with E-state index in [1.54, 1.807) is 18.3 Å². The Hall–Kier alpha value is -2.53. The maximum absolute atomic E-state index is 6.40. The molecule has 0 amide bonds. The highest BCUT2D eigenvalue weighted by molar-refractivity contribution is 6.36. The minimum atomic E-state index is 0.414. The Morgan fingerprint density at radius 1 is 0.967 bits per heavy atom. The van der Waals surface area contributed by atoms with Gasteiger partial charge in [0.05, 0.1) is 23.9 Å². The van der Waals surface area contributed by atoms with E-state index in [0.29, 0.717) is 22.4 Å². The van der Waals surface area contributed by atoms with Crippen LogP contribution < -0.4 is 9.64 Å². The second-order valence-electron chi connectivity index (χ2n) is 6.95. The van der Waals surface area contributed by atoms with E-state index in [2.05, 4.69) is 22.0 Å². The van der Waals surface area contributed by atoms with E-state index in [1.165, 1.54) is 5.69 Å². The summed E-state index contributed by atoms with van der Waals surface area (Å²) in [7, 11) is 0. The summed E-state index contributed by atoms with van der Waals surface area (Å²) in [4.78, 5) is 6.90. The van der Waals surface area contributed by atoms with Crippen LogP contribution in [0.3, 0.4) is 0 Å². The fourth-order valence-electron chi connectivity index (χ4n) is 3.27. The molecular formula is C24H22Cl2N2O2. The highest BCUT2D eigenvalue weighted by Gasteiger charge is 2.12. The van der Waals surface area contributed by atoms with Crippen LogP contribution in [0.4, 0.5) is 11.4 Å². The molecule has 1 aliphatic rings. The molecule has 0 saturated carbocycles. The summed E-state index contributed by atoms with van der Waals surface area (Å²) in [5, 5.41) is 0.999. The Labute approximate surface area is 186 Å². The van der Waals surface area contributed by atoms with E-state index in [-0.39, 0.29) is 0 Å². The Balaban J connectivity index is 1.50. The van der Waals surface area contributed by atoms with Crippen molar-refractivity contribution in [3.05, 3.63) is 87.9 Å². The summed E-state index contributed by atoms with van der Waals surface area (Å²) < 4.78 is 11.4. The predicted molar refractivity (Wildman–Crippen MR) is 124 cm³/mol. The summed E-state index contributed by atoms with van der Waals surface area (Å²) in [5.74, 6) is 0.568. The third-order valence-electron chi connectivity index (χ3n) is 4.84. The van der Waals surface area contributed by atoms with Gasteiger partial charge in [0.15, 0.2) is 0 Å². The SMILES string of the molecule is Clc1cc(Cl)c(OCc2ccccc2)c(C=Nc2ccc(N3CCOCC3)cc2)c1. The zero-order chi connectivity index (χ0) is 20.8. The molecule has 0 unspecified atom stereocenters. The van der Waals surface area contributed by atoms with Crippen molar-refractivity contribution in [2.45, 2.75) is 6.61 Å². The number of rotatable bonds is 6. The second kappa shape index (κ2) is 9.98. The molecule has 0 atom stereocenters. The Morgan fingerprint density at radius 3 is 2.43 bits per heavy atom. The molecule has 0 aliphatic carbocycles. The Bertz CT molecular complexity index is 1000. The summed E-state index contributed by atoms with van der Waals surface area (Å²) >= 11 is 12.6. The van der Waals surface area contributed by atoms with Crippen LogP contribution in [0, 0.1) is 0 Å². The van der Waals surface area contributed by atoms with E-state index in [4.69, 9.17) is 32.7 Å².